The van der Waals surface area contributed by atoms with Crippen LogP contribution in [0.1, 0.15) is 19.7 Å². The normalized spacial score (nSPS) is 11.7. The monoisotopic (exact) mass is 297 g/mol. The van der Waals surface area contributed by atoms with Crippen molar-refractivity contribution in [3.8, 4) is 5.88 Å². The third-order valence-electron chi connectivity index (χ3n) is 2.59. The van der Waals surface area contributed by atoms with Gasteiger partial charge >= 0.3 is 0 Å². The fourth-order valence-electron chi connectivity index (χ4n) is 1.67. The van der Waals surface area contributed by atoms with Gasteiger partial charge in [-0.15, -0.1) is 0 Å². The first-order valence-electron chi connectivity index (χ1n) is 6.55. The Morgan fingerprint density at radius 2 is 1.90 bits per heavy atom. The average molecular weight is 297 g/mol. The minimum atomic E-state index is -0.652. The van der Waals surface area contributed by atoms with Crippen LogP contribution < -0.4 is 10.5 Å². The van der Waals surface area contributed by atoms with Crippen LogP contribution in [0.4, 0.5) is 5.95 Å². The lowest BCUT2D eigenvalue weighted by Gasteiger charge is -2.10. The number of nitrogens with two attached hydrogens (primary N) is 1. The summed E-state index contributed by atoms with van der Waals surface area (Å²) in [4.78, 5) is 15.3. The Hall–Kier alpha value is -1.97. The number of H-pyrrole nitrogens is 1. The van der Waals surface area contributed by atoms with Crippen LogP contribution in [0.15, 0.2) is 0 Å². The predicted octanol–water partition coefficient (Wildman–Crippen LogP) is -0.408. The first-order chi connectivity index (χ1) is 10.0. The molecule has 21 heavy (non-hydrogen) atoms. The summed E-state index contributed by atoms with van der Waals surface area (Å²) < 4.78 is 10.9. The molecule has 0 atom stereocenters. The smallest absolute Gasteiger partial charge is 0.245 e. The highest BCUT2D eigenvalue weighted by Gasteiger charge is 2.15. The molecule has 0 bridgehead atoms. The number of aromatic amines is 1. The van der Waals surface area contributed by atoms with Gasteiger partial charge in [-0.05, 0) is 13.8 Å². The summed E-state index contributed by atoms with van der Waals surface area (Å²) in [5, 5.41) is 17.9. The lowest BCUT2D eigenvalue weighted by molar-refractivity contribution is -0.0304. The molecule has 9 heteroatoms. The van der Waals surface area contributed by atoms with E-state index in [2.05, 4.69) is 19.9 Å². The van der Waals surface area contributed by atoms with Crippen molar-refractivity contribution in [2.45, 2.75) is 32.7 Å². The van der Waals surface area contributed by atoms with E-state index in [0.29, 0.717) is 22.9 Å². The van der Waals surface area contributed by atoms with E-state index in [1.807, 2.05) is 13.8 Å². The maximum Gasteiger partial charge on any atom is 0.245 e. The van der Waals surface area contributed by atoms with Gasteiger partial charge in [-0.25, -0.2) is 4.98 Å². The van der Waals surface area contributed by atoms with Crippen LogP contribution in [0.2, 0.25) is 0 Å². The lowest BCUT2D eigenvalue weighted by Crippen LogP contribution is -2.21. The van der Waals surface area contributed by atoms with Gasteiger partial charge < -0.3 is 30.4 Å². The van der Waals surface area contributed by atoms with Crippen LogP contribution in [0.3, 0.4) is 0 Å². The first-order valence-corrected chi connectivity index (χ1v) is 6.55. The van der Waals surface area contributed by atoms with Gasteiger partial charge in [-0.1, -0.05) is 0 Å². The Morgan fingerprint density at radius 1 is 1.19 bits per heavy atom. The van der Waals surface area contributed by atoms with E-state index in [1.54, 1.807) is 0 Å². The minimum absolute atomic E-state index is 0.0701. The Labute approximate surface area is 121 Å². The standard InChI is InChI=1S/C12H19N5O4/c1-6(2)21-11-9-10(16-12(13)17-11)15-8(14-9)5-20-7(3-18)4-19/h6-7,18-19H,3-5H2,1-2H3,(H3,13,14,15,16,17). The van der Waals surface area contributed by atoms with Gasteiger partial charge in [0, 0.05) is 0 Å². The molecule has 0 saturated heterocycles. The van der Waals surface area contributed by atoms with Crippen molar-refractivity contribution >= 4 is 17.1 Å². The summed E-state index contributed by atoms with van der Waals surface area (Å²) in [5.74, 6) is 0.873. The molecule has 0 aliphatic carbocycles. The van der Waals surface area contributed by atoms with Crippen molar-refractivity contribution in [1.29, 1.82) is 0 Å². The second-order valence-electron chi connectivity index (χ2n) is 4.73. The summed E-state index contributed by atoms with van der Waals surface area (Å²) in [7, 11) is 0. The van der Waals surface area contributed by atoms with Gasteiger partial charge in [0.05, 0.1) is 19.3 Å². The van der Waals surface area contributed by atoms with E-state index in [1.165, 1.54) is 0 Å². The van der Waals surface area contributed by atoms with Crippen LogP contribution in [0, 0.1) is 0 Å². The molecule has 5 N–H and O–H groups in total. The summed E-state index contributed by atoms with van der Waals surface area (Å²) in [5.41, 5.74) is 6.53. The van der Waals surface area contributed by atoms with E-state index in [-0.39, 0.29) is 31.9 Å². The van der Waals surface area contributed by atoms with Gasteiger partial charge in [0.1, 0.15) is 24.1 Å². The molecule has 0 saturated carbocycles. The van der Waals surface area contributed by atoms with Gasteiger partial charge in [-0.2, -0.15) is 9.97 Å². The number of aliphatic hydroxyl groups excluding tert-OH is 2. The Morgan fingerprint density at radius 3 is 2.52 bits per heavy atom. The first kappa shape index (κ1) is 15.4. The number of nitrogens with zero attached hydrogens (tertiary/aromatic N) is 3. The second-order valence-corrected chi connectivity index (χ2v) is 4.73. The fourth-order valence-corrected chi connectivity index (χ4v) is 1.67. The number of hydrogen-bond acceptors (Lipinski definition) is 8. The van der Waals surface area contributed by atoms with Crippen LogP contribution in [0.25, 0.3) is 11.2 Å². The topological polar surface area (TPSA) is 139 Å². The molecule has 9 nitrogen and oxygen atoms in total. The minimum Gasteiger partial charge on any atom is -0.473 e. The van der Waals surface area contributed by atoms with Crippen molar-refractivity contribution in [1.82, 2.24) is 19.9 Å². The van der Waals surface area contributed by atoms with Crippen LogP contribution in [-0.2, 0) is 11.3 Å². The Bertz CT molecular complexity index is 597. The highest BCUT2D eigenvalue weighted by Crippen LogP contribution is 2.22. The molecule has 0 amide bonds. The van der Waals surface area contributed by atoms with Crippen molar-refractivity contribution in [2.75, 3.05) is 18.9 Å². The van der Waals surface area contributed by atoms with Crippen LogP contribution in [-0.4, -0.2) is 55.6 Å². The highest BCUT2D eigenvalue weighted by atomic mass is 16.5. The van der Waals surface area contributed by atoms with Crippen molar-refractivity contribution in [2.24, 2.45) is 0 Å². The van der Waals surface area contributed by atoms with Gasteiger partial charge in [0.15, 0.2) is 5.65 Å². The summed E-state index contributed by atoms with van der Waals surface area (Å²) in [6.07, 6.45) is -0.723. The maximum absolute atomic E-state index is 8.95. The number of nitrogen functional groups attached to an aromatic ring is 1. The zero-order valence-corrected chi connectivity index (χ0v) is 11.9. The molecule has 2 rings (SSSR count). The van der Waals surface area contributed by atoms with E-state index < -0.39 is 6.10 Å². The zero-order chi connectivity index (χ0) is 15.4. The number of imidazole rings is 1. The number of hydrogen-bond donors (Lipinski definition) is 4. The zero-order valence-electron chi connectivity index (χ0n) is 11.9. The molecule has 2 aromatic heterocycles. The molecule has 0 spiro atoms. The van der Waals surface area contributed by atoms with Gasteiger partial charge in [-0.3, -0.25) is 0 Å². The second kappa shape index (κ2) is 6.66. The molecule has 0 fully saturated rings. The SMILES string of the molecule is CC(C)Oc1nc(N)nc2nc(COC(CO)CO)[nH]c12. The number of rotatable bonds is 7. The van der Waals surface area contributed by atoms with Crippen molar-refractivity contribution < 1.29 is 19.7 Å². The molecule has 0 aliphatic rings. The van der Waals surface area contributed by atoms with E-state index in [0.717, 1.165) is 0 Å². The van der Waals surface area contributed by atoms with E-state index in [4.69, 9.17) is 25.4 Å². The van der Waals surface area contributed by atoms with Gasteiger partial charge in [0.25, 0.3) is 0 Å². The van der Waals surface area contributed by atoms with Crippen LogP contribution in [0.5, 0.6) is 5.88 Å². The number of aromatic nitrogens is 4. The lowest BCUT2D eigenvalue weighted by atomic mass is 10.4. The number of aliphatic hydroxyl groups is 2. The molecular formula is C12H19N5O4. The van der Waals surface area contributed by atoms with E-state index in [9.17, 15) is 0 Å². The Kier molecular flexibility index (Phi) is 4.89. The number of nitrogens with one attached hydrogen (secondary N) is 1. The molecule has 2 aromatic rings. The Balaban J connectivity index is 2.24. The van der Waals surface area contributed by atoms with Gasteiger partial charge in [0.2, 0.25) is 11.8 Å². The fraction of sp³-hybridized carbons (Fsp3) is 0.583. The predicted molar refractivity (Wildman–Crippen MR) is 74.6 cm³/mol. The molecule has 0 aromatic carbocycles. The molecule has 2 heterocycles. The molecule has 116 valence electrons. The number of anilines is 1. The molecular weight excluding hydrogens is 278 g/mol. The summed E-state index contributed by atoms with van der Waals surface area (Å²) >= 11 is 0. The third-order valence-corrected chi connectivity index (χ3v) is 2.59. The van der Waals surface area contributed by atoms with Crippen LogP contribution >= 0.6 is 0 Å². The molecule has 0 unspecified atom stereocenters. The summed E-state index contributed by atoms with van der Waals surface area (Å²) in [6.45, 7) is 3.29. The third kappa shape index (κ3) is 3.78. The van der Waals surface area contributed by atoms with Crippen molar-refractivity contribution in [3.63, 3.8) is 0 Å². The quantitative estimate of drug-likeness (QED) is 0.541. The van der Waals surface area contributed by atoms with E-state index >= 15 is 0 Å². The summed E-state index contributed by atoms with van der Waals surface area (Å²) in [6, 6.07) is 0. The largest absolute Gasteiger partial charge is 0.473 e. The van der Waals surface area contributed by atoms with Crippen molar-refractivity contribution in [3.05, 3.63) is 5.82 Å². The molecule has 0 aliphatic heterocycles. The number of ether oxygens (including phenoxy) is 2. The maximum atomic E-state index is 8.95. The highest BCUT2D eigenvalue weighted by molar-refractivity contribution is 5.77. The number of fused-ring (bicyclic) bond motifs is 1. The molecule has 0 radical (unpaired) electrons. The average Bonchev–Trinajstić information content (AvgIpc) is 2.82.